The van der Waals surface area contributed by atoms with Gasteiger partial charge in [-0.15, -0.1) is 10.2 Å². The van der Waals surface area contributed by atoms with Crippen LogP contribution in [0.15, 0.2) is 72.9 Å². The van der Waals surface area contributed by atoms with Gasteiger partial charge in [-0.3, -0.25) is 4.79 Å². The van der Waals surface area contributed by atoms with Crippen LogP contribution in [-0.2, 0) is 5.41 Å². The van der Waals surface area contributed by atoms with Crippen LogP contribution in [-0.4, -0.2) is 61.9 Å². The zero-order chi connectivity index (χ0) is 28.0. The smallest absolute Gasteiger partial charge is 0.271 e. The maximum atomic E-state index is 13.5. The zero-order valence-electron chi connectivity index (χ0n) is 22.4. The first-order valence-corrected chi connectivity index (χ1v) is 13.5. The van der Waals surface area contributed by atoms with Crippen LogP contribution in [0.1, 0.15) is 41.0 Å². The highest BCUT2D eigenvalue weighted by Gasteiger charge is 2.50. The molecule has 1 saturated carbocycles. The molecule has 10 nitrogen and oxygen atoms in total. The molecule has 1 unspecified atom stereocenters. The molecule has 1 aliphatic heterocycles. The normalized spacial score (nSPS) is 17.5. The quantitative estimate of drug-likeness (QED) is 0.305. The second-order valence-electron chi connectivity index (χ2n) is 10.5. The predicted octanol–water partition coefficient (Wildman–Crippen LogP) is 3.82. The fourth-order valence-corrected chi connectivity index (χ4v) is 5.52. The van der Waals surface area contributed by atoms with Gasteiger partial charge in [-0.1, -0.05) is 30.3 Å². The Morgan fingerprint density at radius 3 is 2.59 bits per heavy atom. The standard InChI is InChI=1S/C30H27FN8O2/c1-41-23-11-9-21(10-12-23)30(14-15-30)28-35-36-29-32-17-24(37-39(28)29)19-5-7-20(8-6-19)27(40)33-22-13-16-38(18-22)26-4-2-3-25(31)34-26/h2-12,17,22H,13-16,18H2,1H3,(H,33,40). The third-order valence-electron chi connectivity index (χ3n) is 7.95. The Morgan fingerprint density at radius 2 is 1.85 bits per heavy atom. The molecular weight excluding hydrogens is 523 g/mol. The van der Waals surface area contributed by atoms with Gasteiger partial charge in [-0.25, -0.2) is 9.97 Å². The van der Waals surface area contributed by atoms with Crippen molar-refractivity contribution >= 4 is 17.5 Å². The number of pyridine rings is 1. The van der Waals surface area contributed by atoms with Gasteiger partial charge >= 0.3 is 0 Å². The highest BCUT2D eigenvalue weighted by atomic mass is 19.1. The number of aromatic nitrogens is 6. The number of rotatable bonds is 7. The van der Waals surface area contributed by atoms with Crippen LogP contribution in [0.25, 0.3) is 17.0 Å². The molecule has 41 heavy (non-hydrogen) atoms. The minimum Gasteiger partial charge on any atom is -0.497 e. The van der Waals surface area contributed by atoms with Gasteiger partial charge in [0.25, 0.3) is 11.7 Å². The summed E-state index contributed by atoms with van der Waals surface area (Å²) in [7, 11) is 1.65. The monoisotopic (exact) mass is 550 g/mol. The van der Waals surface area contributed by atoms with E-state index in [1.165, 1.54) is 6.07 Å². The largest absolute Gasteiger partial charge is 0.497 e. The molecule has 2 aliphatic rings. The summed E-state index contributed by atoms with van der Waals surface area (Å²) in [6.07, 6.45) is 4.33. The van der Waals surface area contributed by atoms with Gasteiger partial charge in [-0.05, 0) is 61.2 Å². The number of benzene rings is 2. The first-order chi connectivity index (χ1) is 20.0. The number of ether oxygens (including phenoxy) is 1. The maximum Gasteiger partial charge on any atom is 0.271 e. The molecule has 3 aromatic heterocycles. The molecule has 0 radical (unpaired) electrons. The van der Waals surface area contributed by atoms with Gasteiger partial charge in [-0.2, -0.15) is 14.0 Å². The molecule has 4 heterocycles. The summed E-state index contributed by atoms with van der Waals surface area (Å²) in [5, 5.41) is 16.7. The van der Waals surface area contributed by atoms with E-state index in [2.05, 4.69) is 37.6 Å². The molecule has 2 aromatic carbocycles. The lowest BCUT2D eigenvalue weighted by Crippen LogP contribution is -2.37. The average molecular weight is 551 g/mol. The van der Waals surface area contributed by atoms with Gasteiger partial charge < -0.3 is 15.0 Å². The number of nitrogens with one attached hydrogen (secondary N) is 1. The van der Waals surface area contributed by atoms with E-state index in [0.29, 0.717) is 35.9 Å². The number of hydrogen-bond donors (Lipinski definition) is 1. The molecule has 1 aliphatic carbocycles. The number of carbonyl (C=O) groups is 1. The van der Waals surface area contributed by atoms with Crippen molar-refractivity contribution < 1.29 is 13.9 Å². The number of methoxy groups -OCH3 is 1. The minimum absolute atomic E-state index is 0.0480. The fraction of sp³-hybridized carbons (Fsp3) is 0.267. The summed E-state index contributed by atoms with van der Waals surface area (Å²) in [4.78, 5) is 23.4. The van der Waals surface area contributed by atoms with Gasteiger partial charge in [0, 0.05) is 30.3 Å². The SMILES string of the molecule is COc1ccc(C2(c3nnc4ncc(-c5ccc(C(=O)NC6CCN(c7cccc(F)n7)C6)cc5)nn34)CC2)cc1. The van der Waals surface area contributed by atoms with Crippen LogP contribution in [0.4, 0.5) is 10.2 Å². The lowest BCUT2D eigenvalue weighted by atomic mass is 9.95. The van der Waals surface area contributed by atoms with Crippen molar-refractivity contribution in [3.8, 4) is 17.0 Å². The molecule has 1 saturated heterocycles. The topological polar surface area (TPSA) is 110 Å². The predicted molar refractivity (Wildman–Crippen MR) is 149 cm³/mol. The van der Waals surface area contributed by atoms with Crippen LogP contribution in [0.2, 0.25) is 0 Å². The van der Waals surface area contributed by atoms with Crippen molar-refractivity contribution in [3.05, 3.63) is 95.8 Å². The van der Waals surface area contributed by atoms with Crippen molar-refractivity contribution in [3.63, 3.8) is 0 Å². The Balaban J connectivity index is 1.07. The minimum atomic E-state index is -0.510. The number of nitrogens with zero attached hydrogens (tertiary/aromatic N) is 7. The molecule has 11 heteroatoms. The van der Waals surface area contributed by atoms with Crippen LogP contribution >= 0.6 is 0 Å². The Labute approximate surface area is 235 Å². The van der Waals surface area contributed by atoms with Crippen molar-refractivity contribution in [1.82, 2.24) is 35.1 Å². The molecule has 7 rings (SSSR count). The summed E-state index contributed by atoms with van der Waals surface area (Å²) in [6, 6.07) is 20.0. The van der Waals surface area contributed by atoms with Crippen molar-refractivity contribution in [2.75, 3.05) is 25.1 Å². The third kappa shape index (κ3) is 4.62. The van der Waals surface area contributed by atoms with Gasteiger partial charge in [0.05, 0.1) is 18.7 Å². The Hall–Kier alpha value is -4.93. The molecule has 1 amide bonds. The number of carbonyl (C=O) groups excluding carboxylic acids is 1. The zero-order valence-corrected chi connectivity index (χ0v) is 22.4. The molecule has 0 spiro atoms. The summed E-state index contributed by atoms with van der Waals surface area (Å²) in [5.74, 6) is 1.93. The van der Waals surface area contributed by atoms with Crippen molar-refractivity contribution in [2.24, 2.45) is 0 Å². The molecular formula is C30H27FN8O2. The summed E-state index contributed by atoms with van der Waals surface area (Å²) < 4.78 is 20.5. The molecule has 5 aromatic rings. The van der Waals surface area contributed by atoms with E-state index < -0.39 is 5.95 Å². The van der Waals surface area contributed by atoms with Crippen molar-refractivity contribution in [2.45, 2.75) is 30.7 Å². The van der Waals surface area contributed by atoms with Gasteiger partial charge in [0.1, 0.15) is 17.3 Å². The van der Waals surface area contributed by atoms with Crippen LogP contribution in [0.5, 0.6) is 5.75 Å². The van der Waals surface area contributed by atoms with E-state index in [4.69, 9.17) is 9.84 Å². The molecule has 206 valence electrons. The van der Waals surface area contributed by atoms with Gasteiger partial charge in [0.2, 0.25) is 5.95 Å². The van der Waals surface area contributed by atoms with Crippen molar-refractivity contribution in [1.29, 1.82) is 0 Å². The molecule has 1 N–H and O–H groups in total. The van der Waals surface area contributed by atoms with Crippen LogP contribution in [0, 0.1) is 5.95 Å². The summed E-state index contributed by atoms with van der Waals surface area (Å²) in [5.41, 5.74) is 2.93. The Morgan fingerprint density at radius 1 is 1.05 bits per heavy atom. The van der Waals surface area contributed by atoms with Crippen LogP contribution < -0.4 is 15.0 Å². The Kier molecular flexibility index (Phi) is 6.06. The molecule has 1 atom stereocenters. The van der Waals surface area contributed by atoms with Gasteiger partial charge in [0.15, 0.2) is 5.82 Å². The Bertz CT molecular complexity index is 1730. The molecule has 0 bridgehead atoms. The van der Waals surface area contributed by atoms with E-state index in [0.717, 1.165) is 42.0 Å². The lowest BCUT2D eigenvalue weighted by molar-refractivity contribution is 0.0940. The van der Waals surface area contributed by atoms with E-state index in [9.17, 15) is 9.18 Å². The second-order valence-corrected chi connectivity index (χ2v) is 10.5. The highest BCUT2D eigenvalue weighted by molar-refractivity contribution is 5.94. The van der Waals surface area contributed by atoms with E-state index in [1.807, 2.05) is 29.2 Å². The van der Waals surface area contributed by atoms with E-state index >= 15 is 0 Å². The number of halogens is 1. The first-order valence-electron chi connectivity index (χ1n) is 13.5. The maximum absolute atomic E-state index is 13.5. The number of fused-ring (bicyclic) bond motifs is 1. The second kappa shape index (κ2) is 9.92. The highest BCUT2D eigenvalue weighted by Crippen LogP contribution is 2.52. The lowest BCUT2D eigenvalue weighted by Gasteiger charge is -2.18. The van der Waals surface area contributed by atoms with E-state index in [-0.39, 0.29) is 17.4 Å². The number of amides is 1. The average Bonchev–Trinajstić information content (AvgIpc) is 3.47. The molecule has 2 fully saturated rings. The van der Waals surface area contributed by atoms with E-state index in [1.54, 1.807) is 42.1 Å². The summed E-state index contributed by atoms with van der Waals surface area (Å²) in [6.45, 7) is 1.28. The number of anilines is 1. The first kappa shape index (κ1) is 25.1. The number of hydrogen-bond acceptors (Lipinski definition) is 8. The fourth-order valence-electron chi connectivity index (χ4n) is 5.52. The third-order valence-corrected chi connectivity index (χ3v) is 7.95. The summed E-state index contributed by atoms with van der Waals surface area (Å²) >= 11 is 0. The van der Waals surface area contributed by atoms with Crippen LogP contribution in [0.3, 0.4) is 0 Å².